The maximum atomic E-state index is 11.8. The summed E-state index contributed by atoms with van der Waals surface area (Å²) in [6.45, 7) is 10.5. The Morgan fingerprint density at radius 3 is 2.64 bits per heavy atom. The molecule has 2 unspecified atom stereocenters. The predicted molar refractivity (Wildman–Crippen MR) is 56.9 cm³/mol. The molecule has 0 aromatic heterocycles. The van der Waals surface area contributed by atoms with E-state index in [1.54, 1.807) is 0 Å². The lowest BCUT2D eigenvalue weighted by molar-refractivity contribution is -0.155. The molecule has 1 fully saturated rings. The molecule has 0 bridgehead atoms. The molecule has 0 amide bonds. The Bertz CT molecular complexity index is 245. The third-order valence-electron chi connectivity index (χ3n) is 3.34. The summed E-state index contributed by atoms with van der Waals surface area (Å²) in [5.41, 5.74) is 0.923. The Balaban J connectivity index is 2.78. The number of carbonyl (C=O) groups is 1. The van der Waals surface area contributed by atoms with Gasteiger partial charge in [-0.25, -0.2) is 0 Å². The molecule has 1 aliphatic carbocycles. The Kier molecular flexibility index (Phi) is 3.35. The van der Waals surface area contributed by atoms with Gasteiger partial charge in [-0.15, -0.1) is 0 Å². The van der Waals surface area contributed by atoms with Crippen LogP contribution < -0.4 is 0 Å². The van der Waals surface area contributed by atoms with Crippen LogP contribution in [0.3, 0.4) is 0 Å². The average Bonchev–Trinajstić information content (AvgIpc) is 2.44. The van der Waals surface area contributed by atoms with Gasteiger partial charge in [0.2, 0.25) is 0 Å². The highest BCUT2D eigenvalue weighted by atomic mass is 16.5. The van der Waals surface area contributed by atoms with Gasteiger partial charge < -0.3 is 4.74 Å². The Labute approximate surface area is 86.3 Å². The van der Waals surface area contributed by atoms with Gasteiger partial charge in [0.15, 0.2) is 0 Å². The molecular weight excluding hydrogens is 176 g/mol. The number of ether oxygens (including phenoxy) is 1. The van der Waals surface area contributed by atoms with Crippen LogP contribution in [0, 0.1) is 11.3 Å². The van der Waals surface area contributed by atoms with Crippen LogP contribution in [0.2, 0.25) is 0 Å². The van der Waals surface area contributed by atoms with Crippen molar-refractivity contribution in [1.82, 2.24) is 0 Å². The van der Waals surface area contributed by atoms with E-state index >= 15 is 0 Å². The zero-order valence-corrected chi connectivity index (χ0v) is 9.43. The summed E-state index contributed by atoms with van der Waals surface area (Å²) in [5, 5.41) is 0. The fourth-order valence-electron chi connectivity index (χ4n) is 2.26. The first-order chi connectivity index (χ1) is 6.55. The largest absolute Gasteiger partial charge is 0.466 e. The van der Waals surface area contributed by atoms with Crippen molar-refractivity contribution in [2.45, 2.75) is 40.0 Å². The molecule has 1 rings (SSSR count). The van der Waals surface area contributed by atoms with Gasteiger partial charge in [0, 0.05) is 0 Å². The fraction of sp³-hybridized carbons (Fsp3) is 0.750. The highest BCUT2D eigenvalue weighted by molar-refractivity contribution is 5.78. The number of allylic oxidation sites excluding steroid dienone is 1. The molecule has 0 aromatic rings. The minimum absolute atomic E-state index is 0.0343. The van der Waals surface area contributed by atoms with Gasteiger partial charge in [-0.1, -0.05) is 26.0 Å². The SMILES string of the molecule is C=C1CC(CC)(C(=O)OCC)CC1C. The third kappa shape index (κ3) is 1.84. The highest BCUT2D eigenvalue weighted by Crippen LogP contribution is 2.47. The second kappa shape index (κ2) is 4.16. The van der Waals surface area contributed by atoms with E-state index in [4.69, 9.17) is 4.74 Å². The van der Waals surface area contributed by atoms with Crippen LogP contribution in [0.5, 0.6) is 0 Å². The van der Waals surface area contributed by atoms with Crippen molar-refractivity contribution in [1.29, 1.82) is 0 Å². The number of hydrogen-bond donors (Lipinski definition) is 0. The zero-order valence-electron chi connectivity index (χ0n) is 9.43. The van der Waals surface area contributed by atoms with Crippen LogP contribution in [0.25, 0.3) is 0 Å². The number of carbonyl (C=O) groups excluding carboxylic acids is 1. The molecule has 0 N–H and O–H groups in total. The van der Waals surface area contributed by atoms with E-state index in [1.807, 2.05) is 6.92 Å². The first kappa shape index (κ1) is 11.3. The number of esters is 1. The quantitative estimate of drug-likeness (QED) is 0.512. The monoisotopic (exact) mass is 196 g/mol. The molecule has 0 aliphatic heterocycles. The van der Waals surface area contributed by atoms with Crippen molar-refractivity contribution in [3.63, 3.8) is 0 Å². The lowest BCUT2D eigenvalue weighted by atomic mass is 9.82. The molecule has 2 nitrogen and oxygen atoms in total. The summed E-state index contributed by atoms with van der Waals surface area (Å²) in [6.07, 6.45) is 2.57. The van der Waals surface area contributed by atoms with E-state index in [9.17, 15) is 4.79 Å². The van der Waals surface area contributed by atoms with Gasteiger partial charge in [-0.3, -0.25) is 4.79 Å². The highest BCUT2D eigenvalue weighted by Gasteiger charge is 2.45. The van der Waals surface area contributed by atoms with E-state index in [0.29, 0.717) is 12.5 Å². The molecule has 0 radical (unpaired) electrons. The molecule has 2 atom stereocenters. The summed E-state index contributed by atoms with van der Waals surface area (Å²) in [6, 6.07) is 0. The van der Waals surface area contributed by atoms with Gasteiger partial charge in [-0.2, -0.15) is 0 Å². The van der Waals surface area contributed by atoms with Crippen LogP contribution in [-0.4, -0.2) is 12.6 Å². The topological polar surface area (TPSA) is 26.3 Å². The normalized spacial score (nSPS) is 31.9. The summed E-state index contributed by atoms with van der Waals surface area (Å²) in [4.78, 5) is 11.8. The Morgan fingerprint density at radius 2 is 2.29 bits per heavy atom. The van der Waals surface area contributed by atoms with Crippen molar-refractivity contribution in [2.75, 3.05) is 6.61 Å². The van der Waals surface area contributed by atoms with Gasteiger partial charge in [0.05, 0.1) is 12.0 Å². The van der Waals surface area contributed by atoms with Gasteiger partial charge in [-0.05, 0) is 32.1 Å². The molecule has 14 heavy (non-hydrogen) atoms. The standard InChI is InChI=1S/C12H20O2/c1-5-12(11(13)14-6-2)7-9(3)10(4)8-12/h10H,3,5-8H2,1-2,4H3. The van der Waals surface area contributed by atoms with Crippen molar-refractivity contribution in [3.05, 3.63) is 12.2 Å². The molecular formula is C12H20O2. The second-order valence-corrected chi connectivity index (χ2v) is 4.29. The van der Waals surface area contributed by atoms with E-state index < -0.39 is 0 Å². The maximum absolute atomic E-state index is 11.8. The summed E-state index contributed by atoms with van der Waals surface area (Å²) >= 11 is 0. The molecule has 0 heterocycles. The number of hydrogen-bond acceptors (Lipinski definition) is 2. The van der Waals surface area contributed by atoms with Crippen LogP contribution in [0.4, 0.5) is 0 Å². The lowest BCUT2D eigenvalue weighted by Crippen LogP contribution is -2.29. The lowest BCUT2D eigenvalue weighted by Gasteiger charge is -2.24. The Hall–Kier alpha value is -0.790. The Morgan fingerprint density at radius 1 is 1.64 bits per heavy atom. The third-order valence-corrected chi connectivity index (χ3v) is 3.34. The van der Waals surface area contributed by atoms with E-state index in [-0.39, 0.29) is 11.4 Å². The summed E-state index contributed by atoms with van der Waals surface area (Å²) < 4.78 is 5.14. The van der Waals surface area contributed by atoms with Crippen LogP contribution in [0.15, 0.2) is 12.2 Å². The van der Waals surface area contributed by atoms with E-state index in [2.05, 4.69) is 20.4 Å². The molecule has 0 saturated heterocycles. The minimum Gasteiger partial charge on any atom is -0.466 e. The van der Waals surface area contributed by atoms with Crippen LogP contribution in [-0.2, 0) is 9.53 Å². The smallest absolute Gasteiger partial charge is 0.312 e. The predicted octanol–water partition coefficient (Wildman–Crippen LogP) is 2.93. The second-order valence-electron chi connectivity index (χ2n) is 4.29. The maximum Gasteiger partial charge on any atom is 0.312 e. The van der Waals surface area contributed by atoms with Crippen LogP contribution >= 0.6 is 0 Å². The number of rotatable bonds is 3. The van der Waals surface area contributed by atoms with Gasteiger partial charge in [0.1, 0.15) is 0 Å². The van der Waals surface area contributed by atoms with Crippen LogP contribution in [0.1, 0.15) is 40.0 Å². The molecule has 80 valence electrons. The fourth-order valence-corrected chi connectivity index (χ4v) is 2.26. The molecule has 0 aromatic carbocycles. The zero-order chi connectivity index (χ0) is 10.8. The van der Waals surface area contributed by atoms with Crippen molar-refractivity contribution in [2.24, 2.45) is 11.3 Å². The van der Waals surface area contributed by atoms with Gasteiger partial charge in [0.25, 0.3) is 0 Å². The van der Waals surface area contributed by atoms with Gasteiger partial charge >= 0.3 is 5.97 Å². The molecule has 0 spiro atoms. The van der Waals surface area contributed by atoms with Crippen molar-refractivity contribution < 1.29 is 9.53 Å². The minimum atomic E-state index is -0.271. The van der Waals surface area contributed by atoms with Crippen molar-refractivity contribution in [3.8, 4) is 0 Å². The summed E-state index contributed by atoms with van der Waals surface area (Å²) in [5.74, 6) is 0.423. The molecule has 1 aliphatic rings. The van der Waals surface area contributed by atoms with E-state index in [0.717, 1.165) is 19.3 Å². The van der Waals surface area contributed by atoms with Crippen molar-refractivity contribution >= 4 is 5.97 Å². The molecule has 2 heteroatoms. The van der Waals surface area contributed by atoms with E-state index in [1.165, 1.54) is 5.57 Å². The first-order valence-electron chi connectivity index (χ1n) is 5.40. The first-order valence-corrected chi connectivity index (χ1v) is 5.40. The molecule has 1 saturated carbocycles. The average molecular weight is 196 g/mol. The summed E-state index contributed by atoms with van der Waals surface area (Å²) in [7, 11) is 0.